The highest BCUT2D eigenvalue weighted by molar-refractivity contribution is 6.22. The number of benzene rings is 7. The van der Waals surface area contributed by atoms with Crippen molar-refractivity contribution < 1.29 is 4.42 Å². The van der Waals surface area contributed by atoms with Crippen molar-refractivity contribution in [2.75, 3.05) is 4.90 Å². The topological polar surface area (TPSA) is 16.4 Å². The van der Waals surface area contributed by atoms with Gasteiger partial charge in [-0.05, 0) is 80.2 Å². The molecule has 0 aliphatic heterocycles. The van der Waals surface area contributed by atoms with Crippen LogP contribution in [0.5, 0.6) is 0 Å². The van der Waals surface area contributed by atoms with Crippen LogP contribution in [-0.4, -0.2) is 0 Å². The number of anilines is 3. The number of hydrogen-bond acceptors (Lipinski definition) is 2. The van der Waals surface area contributed by atoms with E-state index in [1.807, 2.05) is 0 Å². The first-order valence-electron chi connectivity index (χ1n) is 16.9. The van der Waals surface area contributed by atoms with Crippen LogP contribution in [0.25, 0.3) is 55.0 Å². The lowest BCUT2D eigenvalue weighted by Crippen LogP contribution is -2.18. The average molecular weight is 618 g/mol. The first-order chi connectivity index (χ1) is 23.3. The van der Waals surface area contributed by atoms with E-state index in [-0.39, 0.29) is 10.8 Å². The second-order valence-corrected chi connectivity index (χ2v) is 14.5. The summed E-state index contributed by atoms with van der Waals surface area (Å²) in [5, 5.41) is 4.71. The Balaban J connectivity index is 1.27. The Morgan fingerprint density at radius 3 is 1.50 bits per heavy atom. The Morgan fingerprint density at radius 1 is 0.417 bits per heavy atom. The molecule has 48 heavy (non-hydrogen) atoms. The van der Waals surface area contributed by atoms with Crippen LogP contribution in [0.4, 0.5) is 17.1 Å². The molecule has 230 valence electrons. The van der Waals surface area contributed by atoms with Gasteiger partial charge in [0.05, 0.1) is 5.69 Å². The van der Waals surface area contributed by atoms with Gasteiger partial charge in [-0.1, -0.05) is 131 Å². The largest absolute Gasteiger partial charge is 0.456 e. The van der Waals surface area contributed by atoms with E-state index >= 15 is 0 Å². The summed E-state index contributed by atoms with van der Waals surface area (Å²) < 4.78 is 6.60. The van der Waals surface area contributed by atoms with E-state index in [4.69, 9.17) is 4.42 Å². The summed E-state index contributed by atoms with van der Waals surface area (Å²) in [7, 11) is 0. The van der Waals surface area contributed by atoms with Crippen LogP contribution >= 0.6 is 0 Å². The zero-order chi connectivity index (χ0) is 32.4. The predicted molar refractivity (Wildman–Crippen MR) is 201 cm³/mol. The number of nitrogens with zero attached hydrogens (tertiary/aromatic N) is 1. The van der Waals surface area contributed by atoms with Gasteiger partial charge in [0.1, 0.15) is 11.2 Å². The molecule has 0 radical (unpaired) electrons. The molecule has 0 bridgehead atoms. The van der Waals surface area contributed by atoms with Gasteiger partial charge in [0, 0.05) is 44.4 Å². The van der Waals surface area contributed by atoms with Crippen molar-refractivity contribution in [3.63, 3.8) is 0 Å². The number of hydrogen-bond donors (Lipinski definition) is 0. The lowest BCUT2D eigenvalue weighted by Gasteiger charge is -2.30. The molecule has 2 aliphatic carbocycles. The molecule has 0 unspecified atom stereocenters. The molecule has 0 saturated carbocycles. The van der Waals surface area contributed by atoms with Gasteiger partial charge in [-0.25, -0.2) is 0 Å². The fraction of sp³-hybridized carbons (Fsp3) is 0.130. The molecule has 2 nitrogen and oxygen atoms in total. The molecule has 1 heterocycles. The highest BCUT2D eigenvalue weighted by Crippen LogP contribution is 2.54. The molecule has 8 aromatic rings. The molecule has 0 N–H and O–H groups in total. The molecule has 0 amide bonds. The van der Waals surface area contributed by atoms with E-state index in [0.717, 1.165) is 33.6 Å². The quantitative estimate of drug-likeness (QED) is 0.196. The van der Waals surface area contributed by atoms with Gasteiger partial charge in [-0.15, -0.1) is 0 Å². The van der Waals surface area contributed by atoms with Crippen LogP contribution < -0.4 is 4.90 Å². The third kappa shape index (κ3) is 3.58. The third-order valence-electron chi connectivity index (χ3n) is 11.3. The molecule has 1 aromatic heterocycles. The smallest absolute Gasteiger partial charge is 0.138 e. The van der Waals surface area contributed by atoms with Crippen LogP contribution in [0.2, 0.25) is 0 Å². The maximum Gasteiger partial charge on any atom is 0.138 e. The summed E-state index contributed by atoms with van der Waals surface area (Å²) in [6.45, 7) is 9.43. The lowest BCUT2D eigenvalue weighted by molar-refractivity contribution is 0.660. The lowest BCUT2D eigenvalue weighted by atomic mass is 9.82. The zero-order valence-corrected chi connectivity index (χ0v) is 27.6. The Morgan fingerprint density at radius 2 is 0.896 bits per heavy atom. The fourth-order valence-electron chi connectivity index (χ4n) is 8.85. The van der Waals surface area contributed by atoms with Gasteiger partial charge in [-0.3, -0.25) is 0 Å². The number of rotatable bonds is 3. The van der Waals surface area contributed by atoms with Crippen molar-refractivity contribution in [3.05, 3.63) is 162 Å². The minimum atomic E-state index is -0.111. The molecular weight excluding hydrogens is 583 g/mol. The van der Waals surface area contributed by atoms with Gasteiger partial charge in [0.15, 0.2) is 0 Å². The first kappa shape index (κ1) is 27.5. The summed E-state index contributed by atoms with van der Waals surface area (Å²) in [6, 6.07) is 51.4. The Hall–Kier alpha value is -5.60. The fourth-order valence-corrected chi connectivity index (χ4v) is 8.85. The normalized spacial score (nSPS) is 15.0. The van der Waals surface area contributed by atoms with Crippen LogP contribution in [0.15, 0.2) is 144 Å². The van der Waals surface area contributed by atoms with E-state index in [1.165, 1.54) is 60.7 Å². The Bertz CT molecular complexity index is 2530. The molecule has 0 fully saturated rings. The standard InChI is InChI=1S/C46H35NO/c1-45(2)37-18-10-7-13-30(37)32-23-21-28(25-39(32)45)47(29-22-24-33-31-14-8-11-19-38(31)46(3,4)40(33)26-29)41-27-43-44(35-16-6-5-15-34(35)41)36-17-9-12-20-42(36)48-43/h5-27H,1-4H3. The monoisotopic (exact) mass is 617 g/mol. The van der Waals surface area contributed by atoms with Crippen LogP contribution in [0.1, 0.15) is 49.9 Å². The Kier molecular flexibility index (Phi) is 5.44. The van der Waals surface area contributed by atoms with Crippen molar-refractivity contribution in [2.24, 2.45) is 0 Å². The predicted octanol–water partition coefficient (Wildman–Crippen LogP) is 12.8. The second-order valence-electron chi connectivity index (χ2n) is 14.5. The van der Waals surface area contributed by atoms with E-state index in [1.54, 1.807) is 0 Å². The highest BCUT2D eigenvalue weighted by atomic mass is 16.3. The van der Waals surface area contributed by atoms with E-state index < -0.39 is 0 Å². The summed E-state index contributed by atoms with van der Waals surface area (Å²) in [5.74, 6) is 0. The van der Waals surface area contributed by atoms with Gasteiger partial charge in [0.2, 0.25) is 0 Å². The third-order valence-corrected chi connectivity index (χ3v) is 11.3. The molecule has 10 rings (SSSR count). The number of furan rings is 1. The van der Waals surface area contributed by atoms with Crippen molar-refractivity contribution in [3.8, 4) is 22.3 Å². The molecule has 7 aromatic carbocycles. The SMILES string of the molecule is CC1(C)c2ccccc2-c2ccc(N(c3ccc4c(c3)C(C)(C)c3ccccc3-4)c3cc4oc5ccccc5c4c4ccccc34)cc21. The summed E-state index contributed by atoms with van der Waals surface area (Å²) in [4.78, 5) is 2.47. The first-order valence-corrected chi connectivity index (χ1v) is 16.9. The van der Waals surface area contributed by atoms with Gasteiger partial charge < -0.3 is 9.32 Å². The van der Waals surface area contributed by atoms with Crippen LogP contribution in [0.3, 0.4) is 0 Å². The van der Waals surface area contributed by atoms with Crippen LogP contribution in [0, 0.1) is 0 Å². The van der Waals surface area contributed by atoms with Crippen molar-refractivity contribution in [1.29, 1.82) is 0 Å². The second kappa shape index (κ2) is 9.49. The maximum atomic E-state index is 6.60. The number of para-hydroxylation sites is 1. The average Bonchev–Trinajstić information content (AvgIpc) is 3.68. The van der Waals surface area contributed by atoms with Gasteiger partial charge >= 0.3 is 0 Å². The Labute approximate surface area is 280 Å². The minimum Gasteiger partial charge on any atom is -0.456 e. The molecule has 2 aliphatic rings. The van der Waals surface area contributed by atoms with Crippen molar-refractivity contribution in [2.45, 2.75) is 38.5 Å². The van der Waals surface area contributed by atoms with Gasteiger partial charge in [-0.2, -0.15) is 0 Å². The summed E-state index contributed by atoms with van der Waals surface area (Å²) >= 11 is 0. The summed E-state index contributed by atoms with van der Waals surface area (Å²) in [5.41, 5.74) is 15.8. The molecule has 0 spiro atoms. The molecular formula is C46H35NO. The van der Waals surface area contributed by atoms with E-state index in [2.05, 4.69) is 172 Å². The van der Waals surface area contributed by atoms with E-state index in [0.29, 0.717) is 0 Å². The minimum absolute atomic E-state index is 0.111. The zero-order valence-electron chi connectivity index (χ0n) is 27.6. The molecule has 0 atom stereocenters. The van der Waals surface area contributed by atoms with E-state index in [9.17, 15) is 0 Å². The molecule has 2 heteroatoms. The maximum absolute atomic E-state index is 6.60. The van der Waals surface area contributed by atoms with Crippen LogP contribution in [-0.2, 0) is 10.8 Å². The highest BCUT2D eigenvalue weighted by Gasteiger charge is 2.38. The van der Waals surface area contributed by atoms with Crippen molar-refractivity contribution in [1.82, 2.24) is 0 Å². The van der Waals surface area contributed by atoms with Gasteiger partial charge in [0.25, 0.3) is 0 Å². The number of fused-ring (bicyclic) bond motifs is 11. The van der Waals surface area contributed by atoms with Crippen molar-refractivity contribution >= 4 is 49.8 Å². The summed E-state index contributed by atoms with van der Waals surface area (Å²) in [6.07, 6.45) is 0. The molecule has 0 saturated heterocycles.